The van der Waals surface area contributed by atoms with Crippen molar-refractivity contribution in [2.24, 2.45) is 0 Å². The fraction of sp³-hybridized carbons (Fsp3) is 0.222. The number of hydrogen-bond acceptors (Lipinski definition) is 5. The number of nitro benzene ring substituents is 1. The van der Waals surface area contributed by atoms with Gasteiger partial charge in [-0.3, -0.25) is 19.7 Å². The van der Waals surface area contributed by atoms with Crippen molar-refractivity contribution in [2.45, 2.75) is 13.8 Å². The van der Waals surface area contributed by atoms with E-state index in [0.29, 0.717) is 16.9 Å². The van der Waals surface area contributed by atoms with Gasteiger partial charge in [0, 0.05) is 30.4 Å². The zero-order valence-corrected chi connectivity index (χ0v) is 14.8. The predicted octanol–water partition coefficient (Wildman–Crippen LogP) is 2.62. The summed E-state index contributed by atoms with van der Waals surface area (Å²) >= 11 is 0. The lowest BCUT2D eigenvalue weighted by Gasteiger charge is -2.13. The zero-order chi connectivity index (χ0) is 19.3. The molecule has 0 saturated heterocycles. The number of rotatable bonds is 6. The van der Waals surface area contributed by atoms with Crippen LogP contribution < -0.4 is 16.0 Å². The maximum atomic E-state index is 12.2. The van der Waals surface area contributed by atoms with Crippen molar-refractivity contribution < 1.29 is 14.5 Å². The Morgan fingerprint density at radius 1 is 1.12 bits per heavy atom. The number of anilines is 2. The summed E-state index contributed by atoms with van der Waals surface area (Å²) in [5, 5.41) is 19.1. The molecule has 0 aliphatic heterocycles. The molecule has 0 bridgehead atoms. The first-order valence-corrected chi connectivity index (χ1v) is 7.94. The van der Waals surface area contributed by atoms with Crippen LogP contribution in [0.25, 0.3) is 0 Å². The third kappa shape index (κ3) is 4.35. The van der Waals surface area contributed by atoms with Crippen LogP contribution >= 0.6 is 0 Å². The zero-order valence-electron chi connectivity index (χ0n) is 14.8. The van der Waals surface area contributed by atoms with Crippen LogP contribution in [0, 0.1) is 24.0 Å². The average molecular weight is 356 g/mol. The van der Waals surface area contributed by atoms with E-state index in [-0.39, 0.29) is 24.0 Å². The molecule has 0 fully saturated rings. The first-order valence-electron chi connectivity index (χ1n) is 7.94. The summed E-state index contributed by atoms with van der Waals surface area (Å²) in [6.07, 6.45) is 0. The van der Waals surface area contributed by atoms with Crippen LogP contribution in [-0.2, 0) is 4.79 Å². The van der Waals surface area contributed by atoms with Gasteiger partial charge in [-0.1, -0.05) is 12.1 Å². The van der Waals surface area contributed by atoms with Gasteiger partial charge in [0.05, 0.1) is 17.2 Å². The van der Waals surface area contributed by atoms with E-state index >= 15 is 0 Å². The van der Waals surface area contributed by atoms with Crippen molar-refractivity contribution in [1.82, 2.24) is 5.32 Å². The second-order valence-electron chi connectivity index (χ2n) is 5.72. The van der Waals surface area contributed by atoms with E-state index < -0.39 is 4.92 Å². The first-order chi connectivity index (χ1) is 12.3. The summed E-state index contributed by atoms with van der Waals surface area (Å²) in [5.41, 5.74) is 2.94. The van der Waals surface area contributed by atoms with Gasteiger partial charge in [-0.05, 0) is 37.1 Å². The van der Waals surface area contributed by atoms with E-state index in [4.69, 9.17) is 0 Å². The molecule has 0 aromatic heterocycles. The van der Waals surface area contributed by atoms with Crippen molar-refractivity contribution in [2.75, 3.05) is 24.2 Å². The fourth-order valence-corrected chi connectivity index (χ4v) is 2.44. The molecule has 0 unspecified atom stereocenters. The highest BCUT2D eigenvalue weighted by atomic mass is 16.6. The Morgan fingerprint density at radius 2 is 1.85 bits per heavy atom. The Morgan fingerprint density at radius 3 is 2.50 bits per heavy atom. The molecule has 3 N–H and O–H groups in total. The molecule has 0 radical (unpaired) electrons. The van der Waals surface area contributed by atoms with Crippen LogP contribution in [0.2, 0.25) is 0 Å². The molecule has 2 aromatic rings. The number of benzene rings is 2. The molecule has 0 aliphatic carbocycles. The van der Waals surface area contributed by atoms with Gasteiger partial charge in [-0.2, -0.15) is 0 Å². The number of nitro groups is 1. The van der Waals surface area contributed by atoms with Crippen LogP contribution in [0.1, 0.15) is 21.5 Å². The minimum Gasteiger partial charge on any atom is -0.376 e. The lowest BCUT2D eigenvalue weighted by molar-refractivity contribution is -0.384. The van der Waals surface area contributed by atoms with Crippen molar-refractivity contribution in [3.8, 4) is 0 Å². The molecule has 0 spiro atoms. The Kier molecular flexibility index (Phi) is 5.90. The number of non-ortho nitro benzene ring substituents is 1. The topological polar surface area (TPSA) is 113 Å². The summed E-state index contributed by atoms with van der Waals surface area (Å²) < 4.78 is 0. The maximum Gasteiger partial charge on any atom is 0.271 e. The Hall–Kier alpha value is -3.42. The van der Waals surface area contributed by atoms with Crippen molar-refractivity contribution in [3.05, 3.63) is 63.2 Å². The van der Waals surface area contributed by atoms with Crippen molar-refractivity contribution in [3.63, 3.8) is 0 Å². The van der Waals surface area contributed by atoms with Gasteiger partial charge >= 0.3 is 0 Å². The molecule has 0 aliphatic rings. The van der Waals surface area contributed by atoms with Gasteiger partial charge in [0.25, 0.3) is 11.6 Å². The summed E-state index contributed by atoms with van der Waals surface area (Å²) in [7, 11) is 1.55. The van der Waals surface area contributed by atoms with E-state index in [0.717, 1.165) is 11.1 Å². The summed E-state index contributed by atoms with van der Waals surface area (Å²) in [6.45, 7) is 3.50. The number of amides is 2. The molecule has 136 valence electrons. The number of nitrogens with zero attached hydrogens (tertiary/aromatic N) is 1. The molecule has 8 nitrogen and oxygen atoms in total. The Balaban J connectivity index is 2.07. The van der Waals surface area contributed by atoms with Gasteiger partial charge in [0.1, 0.15) is 0 Å². The second kappa shape index (κ2) is 8.11. The second-order valence-corrected chi connectivity index (χ2v) is 5.72. The number of carbonyl (C=O) groups excluding carboxylic acids is 2. The van der Waals surface area contributed by atoms with Gasteiger partial charge in [0.15, 0.2) is 0 Å². The summed E-state index contributed by atoms with van der Waals surface area (Å²) in [5.74, 6) is -0.554. The minimum absolute atomic E-state index is 0.0415. The standard InChI is InChI=1S/C18H20N4O4/c1-11-7-8-13(22(25)26)9-16(11)21-17(23)10-20-15-6-4-5-14(12(15)2)18(24)19-3/h4-9,20H,10H2,1-3H3,(H,19,24)(H,21,23). The molecule has 26 heavy (non-hydrogen) atoms. The van der Waals surface area contributed by atoms with E-state index in [1.165, 1.54) is 12.1 Å². The molecule has 2 rings (SSSR count). The third-order valence-electron chi connectivity index (χ3n) is 3.95. The molecule has 2 amide bonds. The summed E-state index contributed by atoms with van der Waals surface area (Å²) in [6, 6.07) is 9.49. The van der Waals surface area contributed by atoms with E-state index in [2.05, 4.69) is 16.0 Å². The predicted molar refractivity (Wildman–Crippen MR) is 99.5 cm³/mol. The number of carbonyl (C=O) groups is 2. The molecule has 2 aromatic carbocycles. The minimum atomic E-state index is -0.513. The normalized spacial score (nSPS) is 10.1. The number of aryl methyl sites for hydroxylation is 1. The van der Waals surface area contributed by atoms with E-state index in [9.17, 15) is 19.7 Å². The molecular formula is C18H20N4O4. The van der Waals surface area contributed by atoms with E-state index in [1.54, 1.807) is 45.2 Å². The first kappa shape index (κ1) is 18.9. The van der Waals surface area contributed by atoms with Crippen LogP contribution in [-0.4, -0.2) is 30.3 Å². The van der Waals surface area contributed by atoms with Crippen molar-refractivity contribution >= 4 is 28.9 Å². The quantitative estimate of drug-likeness (QED) is 0.544. The molecule has 0 heterocycles. The molecular weight excluding hydrogens is 336 g/mol. The van der Waals surface area contributed by atoms with Gasteiger partial charge in [-0.15, -0.1) is 0 Å². The Bertz CT molecular complexity index is 864. The van der Waals surface area contributed by atoms with Crippen molar-refractivity contribution in [1.29, 1.82) is 0 Å². The highest BCUT2D eigenvalue weighted by molar-refractivity contribution is 5.98. The monoisotopic (exact) mass is 356 g/mol. The Labute approximate surface area is 150 Å². The SMILES string of the molecule is CNC(=O)c1cccc(NCC(=O)Nc2cc([N+](=O)[O-])ccc2C)c1C. The van der Waals surface area contributed by atoms with Crippen LogP contribution in [0.15, 0.2) is 36.4 Å². The van der Waals surface area contributed by atoms with Gasteiger partial charge in [-0.25, -0.2) is 0 Å². The largest absolute Gasteiger partial charge is 0.376 e. The molecule has 8 heteroatoms. The lowest BCUT2D eigenvalue weighted by atomic mass is 10.1. The molecule has 0 saturated carbocycles. The van der Waals surface area contributed by atoms with Crippen LogP contribution in [0.4, 0.5) is 17.1 Å². The smallest absolute Gasteiger partial charge is 0.271 e. The van der Waals surface area contributed by atoms with Crippen LogP contribution in [0.3, 0.4) is 0 Å². The molecule has 0 atom stereocenters. The van der Waals surface area contributed by atoms with E-state index in [1.807, 2.05) is 0 Å². The van der Waals surface area contributed by atoms with Gasteiger partial charge < -0.3 is 16.0 Å². The third-order valence-corrected chi connectivity index (χ3v) is 3.95. The summed E-state index contributed by atoms with van der Waals surface area (Å²) in [4.78, 5) is 34.3. The van der Waals surface area contributed by atoms with Gasteiger partial charge in [0.2, 0.25) is 5.91 Å². The highest BCUT2D eigenvalue weighted by Gasteiger charge is 2.13. The highest BCUT2D eigenvalue weighted by Crippen LogP contribution is 2.22. The average Bonchev–Trinajstić information content (AvgIpc) is 2.61. The van der Waals surface area contributed by atoms with Crippen LogP contribution in [0.5, 0.6) is 0 Å². The number of hydrogen-bond donors (Lipinski definition) is 3. The number of nitrogens with one attached hydrogen (secondary N) is 3. The fourth-order valence-electron chi connectivity index (χ4n) is 2.44. The maximum absolute atomic E-state index is 12.2. The lowest BCUT2D eigenvalue weighted by Crippen LogP contribution is -2.23.